The molecule has 2 aliphatic rings. The van der Waals surface area contributed by atoms with Gasteiger partial charge in [0.25, 0.3) is 0 Å². The van der Waals surface area contributed by atoms with Crippen LogP contribution in [0.3, 0.4) is 0 Å². The Labute approximate surface area is 210 Å². The normalized spacial score (nSPS) is 18.3. The van der Waals surface area contributed by atoms with E-state index >= 15 is 0 Å². The molecule has 9 heteroatoms. The molecule has 1 fully saturated rings. The zero-order valence-electron chi connectivity index (χ0n) is 20.5. The number of benzene rings is 1. The lowest BCUT2D eigenvalue weighted by atomic mass is 10.1. The van der Waals surface area contributed by atoms with Crippen LogP contribution in [0.4, 0.5) is 10.6 Å². The van der Waals surface area contributed by atoms with Gasteiger partial charge in [0.05, 0.1) is 17.4 Å². The van der Waals surface area contributed by atoms with Crippen molar-refractivity contribution in [2.24, 2.45) is 7.05 Å². The van der Waals surface area contributed by atoms with Crippen LogP contribution in [0, 0.1) is 6.92 Å². The number of urea groups is 1. The molecule has 0 spiro atoms. The van der Waals surface area contributed by atoms with Gasteiger partial charge in [0.1, 0.15) is 12.1 Å². The lowest BCUT2D eigenvalue weighted by Crippen LogP contribution is -2.57. The van der Waals surface area contributed by atoms with Crippen molar-refractivity contribution in [3.63, 3.8) is 0 Å². The van der Waals surface area contributed by atoms with Crippen molar-refractivity contribution in [3.8, 4) is 0 Å². The highest BCUT2D eigenvalue weighted by Crippen LogP contribution is 2.36. The van der Waals surface area contributed by atoms with E-state index in [0.29, 0.717) is 24.7 Å². The molecule has 2 amide bonds. The van der Waals surface area contributed by atoms with Crippen LogP contribution in [0.15, 0.2) is 36.8 Å². The molecule has 1 aromatic carbocycles. The molecular formula is C26H30ClN7O. The number of fused-ring (bicyclic) bond motifs is 1. The molecule has 0 radical (unpaired) electrons. The van der Waals surface area contributed by atoms with E-state index in [-0.39, 0.29) is 18.1 Å². The van der Waals surface area contributed by atoms with Crippen LogP contribution in [0.25, 0.3) is 11.6 Å². The minimum atomic E-state index is -0.102. The number of aromatic nitrogens is 4. The van der Waals surface area contributed by atoms with Crippen molar-refractivity contribution in [3.05, 3.63) is 69.9 Å². The molecule has 1 aliphatic heterocycles. The molecule has 3 heterocycles. The third-order valence-corrected chi connectivity index (χ3v) is 7.13. The number of carbonyl (C=O) groups is 1. The minimum absolute atomic E-state index is 0.0391. The van der Waals surface area contributed by atoms with Gasteiger partial charge in [-0.3, -0.25) is 4.68 Å². The average molecular weight is 492 g/mol. The van der Waals surface area contributed by atoms with Gasteiger partial charge in [0.15, 0.2) is 0 Å². The highest BCUT2D eigenvalue weighted by Gasteiger charge is 2.31. The predicted molar refractivity (Wildman–Crippen MR) is 138 cm³/mol. The van der Waals surface area contributed by atoms with Gasteiger partial charge in [-0.1, -0.05) is 23.7 Å². The van der Waals surface area contributed by atoms with Gasteiger partial charge in [-0.15, -0.1) is 0 Å². The molecule has 1 saturated heterocycles. The molecule has 1 N–H and O–H groups in total. The van der Waals surface area contributed by atoms with E-state index in [9.17, 15) is 4.79 Å². The summed E-state index contributed by atoms with van der Waals surface area (Å²) in [6.45, 7) is 8.15. The van der Waals surface area contributed by atoms with Gasteiger partial charge in [-0.25, -0.2) is 14.8 Å². The number of nitrogens with one attached hydrogen (secondary N) is 1. The Morgan fingerprint density at radius 3 is 2.66 bits per heavy atom. The number of carbonyl (C=O) groups excluding carboxylic acids is 1. The number of amides is 2. The van der Waals surface area contributed by atoms with Crippen molar-refractivity contribution in [2.45, 2.75) is 39.3 Å². The zero-order chi connectivity index (χ0) is 24.7. The second-order valence-electron chi connectivity index (χ2n) is 9.42. The van der Waals surface area contributed by atoms with E-state index in [1.54, 1.807) is 6.33 Å². The number of allylic oxidation sites excluding steroid dienone is 1. The van der Waals surface area contributed by atoms with Gasteiger partial charge in [0.2, 0.25) is 0 Å². The Morgan fingerprint density at radius 1 is 1.20 bits per heavy atom. The van der Waals surface area contributed by atoms with E-state index < -0.39 is 0 Å². The second kappa shape index (κ2) is 9.34. The Morgan fingerprint density at radius 2 is 1.97 bits per heavy atom. The molecule has 5 rings (SSSR count). The molecule has 182 valence electrons. The van der Waals surface area contributed by atoms with Crippen molar-refractivity contribution in [1.82, 2.24) is 30.0 Å². The standard InChI is InChI=1S/C26H30ClN7O/c1-16-13-33(9-10-34(16)26(35)30-17(2)19-5-7-21(27)8-6-19)25-22-11-20(12-24(22)28-15-29-25)23-14-32(4)31-18(23)3/h5-8,11,14-17H,9-10,12-13H2,1-4H3,(H,30,35)/t16-,17+/m1/s1. The maximum Gasteiger partial charge on any atom is 0.318 e. The van der Waals surface area contributed by atoms with Crippen LogP contribution in [0.5, 0.6) is 0 Å². The average Bonchev–Trinajstić information content (AvgIpc) is 3.41. The zero-order valence-corrected chi connectivity index (χ0v) is 21.3. The van der Waals surface area contributed by atoms with Crippen molar-refractivity contribution in [2.75, 3.05) is 24.5 Å². The Kier molecular flexibility index (Phi) is 6.23. The third-order valence-electron chi connectivity index (χ3n) is 6.88. The number of nitrogens with zero attached hydrogens (tertiary/aromatic N) is 6. The summed E-state index contributed by atoms with van der Waals surface area (Å²) in [5.41, 5.74) is 6.53. The van der Waals surface area contributed by atoms with E-state index in [2.05, 4.69) is 44.5 Å². The molecule has 2 atom stereocenters. The molecule has 3 aromatic rings. The van der Waals surface area contributed by atoms with Gasteiger partial charge >= 0.3 is 6.03 Å². The van der Waals surface area contributed by atoms with Gasteiger partial charge in [-0.05, 0) is 50.1 Å². The number of hydrogen-bond acceptors (Lipinski definition) is 5. The van der Waals surface area contributed by atoms with Crippen LogP contribution in [0.2, 0.25) is 5.02 Å². The highest BCUT2D eigenvalue weighted by molar-refractivity contribution is 6.30. The lowest BCUT2D eigenvalue weighted by Gasteiger charge is -2.41. The first-order valence-corrected chi connectivity index (χ1v) is 12.3. The highest BCUT2D eigenvalue weighted by atomic mass is 35.5. The van der Waals surface area contributed by atoms with E-state index in [1.807, 2.05) is 54.7 Å². The SMILES string of the molecule is Cc1nn(C)cc1C1=Cc2c(ncnc2N2CCN(C(=O)N[C@@H](C)c3ccc(Cl)cc3)[C@H](C)C2)C1. The molecule has 0 saturated carbocycles. The monoisotopic (exact) mass is 491 g/mol. The van der Waals surface area contributed by atoms with Gasteiger partial charge in [-0.2, -0.15) is 5.10 Å². The van der Waals surface area contributed by atoms with Crippen molar-refractivity contribution in [1.29, 1.82) is 0 Å². The number of aryl methyl sites for hydroxylation is 2. The van der Waals surface area contributed by atoms with E-state index in [1.165, 1.54) is 5.57 Å². The minimum Gasteiger partial charge on any atom is -0.352 e. The van der Waals surface area contributed by atoms with Crippen LogP contribution >= 0.6 is 11.6 Å². The van der Waals surface area contributed by atoms with Gasteiger partial charge in [0, 0.05) is 61.5 Å². The molecule has 2 aromatic heterocycles. The fraction of sp³-hybridized carbons (Fsp3) is 0.385. The summed E-state index contributed by atoms with van der Waals surface area (Å²) in [6.07, 6.45) is 6.69. The summed E-state index contributed by atoms with van der Waals surface area (Å²) in [6, 6.07) is 7.46. The summed E-state index contributed by atoms with van der Waals surface area (Å²) in [5, 5.41) is 8.30. The molecule has 0 unspecified atom stereocenters. The first-order chi connectivity index (χ1) is 16.8. The summed E-state index contributed by atoms with van der Waals surface area (Å²) in [5.74, 6) is 0.938. The Bertz CT molecular complexity index is 1280. The molecule has 0 bridgehead atoms. The fourth-order valence-corrected chi connectivity index (χ4v) is 5.14. The third kappa shape index (κ3) is 4.62. The quantitative estimate of drug-likeness (QED) is 0.590. The number of anilines is 1. The number of rotatable bonds is 4. The summed E-state index contributed by atoms with van der Waals surface area (Å²) in [4.78, 5) is 26.4. The summed E-state index contributed by atoms with van der Waals surface area (Å²) < 4.78 is 1.85. The number of piperazine rings is 1. The summed E-state index contributed by atoms with van der Waals surface area (Å²) >= 11 is 5.99. The van der Waals surface area contributed by atoms with E-state index in [0.717, 1.165) is 40.3 Å². The second-order valence-corrected chi connectivity index (χ2v) is 9.85. The largest absolute Gasteiger partial charge is 0.352 e. The predicted octanol–water partition coefficient (Wildman–Crippen LogP) is 4.25. The fourth-order valence-electron chi connectivity index (χ4n) is 5.01. The Balaban J connectivity index is 1.28. The van der Waals surface area contributed by atoms with E-state index in [4.69, 9.17) is 11.6 Å². The lowest BCUT2D eigenvalue weighted by molar-refractivity contribution is 0.168. The van der Waals surface area contributed by atoms with Crippen molar-refractivity contribution >= 4 is 35.1 Å². The maximum absolute atomic E-state index is 13.1. The molecular weight excluding hydrogens is 462 g/mol. The van der Waals surface area contributed by atoms with Crippen LogP contribution in [-0.2, 0) is 13.5 Å². The first-order valence-electron chi connectivity index (χ1n) is 11.9. The smallest absolute Gasteiger partial charge is 0.318 e. The van der Waals surface area contributed by atoms with Gasteiger partial charge < -0.3 is 15.1 Å². The molecule has 1 aliphatic carbocycles. The maximum atomic E-state index is 13.1. The number of halogens is 1. The Hall–Kier alpha value is -3.39. The molecule has 35 heavy (non-hydrogen) atoms. The first kappa shape index (κ1) is 23.4. The van der Waals surface area contributed by atoms with Crippen molar-refractivity contribution < 1.29 is 4.79 Å². The van der Waals surface area contributed by atoms with Crippen LogP contribution in [-0.4, -0.2) is 56.4 Å². The van der Waals surface area contributed by atoms with Crippen LogP contribution in [0.1, 0.15) is 48.0 Å². The summed E-state index contributed by atoms with van der Waals surface area (Å²) in [7, 11) is 1.94. The topological polar surface area (TPSA) is 79.2 Å². The van der Waals surface area contributed by atoms with Crippen LogP contribution < -0.4 is 10.2 Å². The molecule has 8 nitrogen and oxygen atoms in total. The number of hydrogen-bond donors (Lipinski definition) is 1.